The van der Waals surface area contributed by atoms with E-state index in [1.807, 2.05) is 72.1 Å². The van der Waals surface area contributed by atoms with Crippen molar-refractivity contribution in [1.29, 1.82) is 0 Å². The molecule has 0 bridgehead atoms. The first kappa shape index (κ1) is 18.2. The van der Waals surface area contributed by atoms with Gasteiger partial charge in [0.15, 0.2) is 0 Å². The number of carbonyl (C=O) groups is 1. The fraction of sp³-hybridized carbons (Fsp3) is 0.190. The smallest absolute Gasteiger partial charge is 0.315 e. The molecule has 0 saturated carbocycles. The third kappa shape index (κ3) is 4.71. The van der Waals surface area contributed by atoms with Crippen LogP contribution in [-0.2, 0) is 12.1 Å². The van der Waals surface area contributed by atoms with Gasteiger partial charge in [0.25, 0.3) is 0 Å². The SMILES string of the molecule is C[C@](O)(CNC(=O)NCc1cccs1)c1ccc(-c2ccccc2)cc1. The largest absolute Gasteiger partial charge is 0.384 e. The van der Waals surface area contributed by atoms with E-state index in [9.17, 15) is 9.90 Å². The lowest BCUT2D eigenvalue weighted by Crippen LogP contribution is -2.43. The lowest BCUT2D eigenvalue weighted by atomic mass is 9.94. The normalized spacial score (nSPS) is 13.0. The van der Waals surface area contributed by atoms with Crippen LogP contribution in [0.3, 0.4) is 0 Å². The third-order valence-corrected chi connectivity index (χ3v) is 5.09. The fourth-order valence-corrected chi connectivity index (χ4v) is 3.29. The summed E-state index contributed by atoms with van der Waals surface area (Å²) in [5.74, 6) is 0. The summed E-state index contributed by atoms with van der Waals surface area (Å²) < 4.78 is 0. The van der Waals surface area contributed by atoms with Gasteiger partial charge in [-0.3, -0.25) is 0 Å². The highest BCUT2D eigenvalue weighted by Gasteiger charge is 2.23. The van der Waals surface area contributed by atoms with Crippen LogP contribution in [-0.4, -0.2) is 17.7 Å². The zero-order valence-electron chi connectivity index (χ0n) is 14.6. The molecule has 3 aromatic rings. The van der Waals surface area contributed by atoms with Crippen molar-refractivity contribution in [2.24, 2.45) is 0 Å². The van der Waals surface area contributed by atoms with Crippen LogP contribution in [0.1, 0.15) is 17.4 Å². The maximum Gasteiger partial charge on any atom is 0.315 e. The molecule has 0 fully saturated rings. The Labute approximate surface area is 157 Å². The molecule has 1 atom stereocenters. The highest BCUT2D eigenvalue weighted by Crippen LogP contribution is 2.24. The molecule has 1 aromatic heterocycles. The maximum absolute atomic E-state index is 11.9. The summed E-state index contributed by atoms with van der Waals surface area (Å²) in [6.07, 6.45) is 0. The van der Waals surface area contributed by atoms with Crippen LogP contribution < -0.4 is 10.6 Å². The number of nitrogens with one attached hydrogen (secondary N) is 2. The molecule has 0 unspecified atom stereocenters. The predicted molar refractivity (Wildman–Crippen MR) is 106 cm³/mol. The number of urea groups is 1. The van der Waals surface area contributed by atoms with Gasteiger partial charge in [0.05, 0.1) is 13.1 Å². The second-order valence-electron chi connectivity index (χ2n) is 6.33. The molecular formula is C21H22N2O2S. The van der Waals surface area contributed by atoms with Crippen molar-refractivity contribution in [2.45, 2.75) is 19.1 Å². The Bertz CT molecular complexity index is 828. The zero-order chi connectivity index (χ0) is 18.4. The van der Waals surface area contributed by atoms with Gasteiger partial charge in [0.1, 0.15) is 5.60 Å². The number of thiophene rings is 1. The van der Waals surface area contributed by atoms with E-state index >= 15 is 0 Å². The van der Waals surface area contributed by atoms with Gasteiger partial charge in [-0.05, 0) is 35.1 Å². The average Bonchev–Trinajstić information content (AvgIpc) is 3.19. The molecule has 0 radical (unpaired) electrons. The number of amides is 2. The fourth-order valence-electron chi connectivity index (χ4n) is 2.65. The third-order valence-electron chi connectivity index (χ3n) is 4.21. The van der Waals surface area contributed by atoms with E-state index < -0.39 is 5.60 Å². The zero-order valence-corrected chi connectivity index (χ0v) is 15.4. The van der Waals surface area contributed by atoms with Crippen molar-refractivity contribution in [2.75, 3.05) is 6.54 Å². The number of rotatable bonds is 6. The Morgan fingerprint density at radius 1 is 0.962 bits per heavy atom. The minimum Gasteiger partial charge on any atom is -0.384 e. The van der Waals surface area contributed by atoms with E-state index in [2.05, 4.69) is 10.6 Å². The van der Waals surface area contributed by atoms with Gasteiger partial charge in [-0.2, -0.15) is 0 Å². The van der Waals surface area contributed by atoms with Gasteiger partial charge in [0, 0.05) is 4.88 Å². The Morgan fingerprint density at radius 3 is 2.31 bits per heavy atom. The second kappa shape index (κ2) is 8.17. The quantitative estimate of drug-likeness (QED) is 0.614. The first-order valence-corrected chi connectivity index (χ1v) is 9.35. The Morgan fingerprint density at radius 2 is 1.65 bits per heavy atom. The van der Waals surface area contributed by atoms with Crippen LogP contribution >= 0.6 is 11.3 Å². The molecule has 0 spiro atoms. The summed E-state index contributed by atoms with van der Waals surface area (Å²) in [6.45, 7) is 2.31. The standard InChI is InChI=1S/C21H22N2O2S/c1-21(25,15-23-20(24)22-14-19-8-5-13-26-19)18-11-9-17(10-12-18)16-6-3-2-4-7-16/h2-13,25H,14-15H2,1H3,(H2,22,23,24)/t21-/m0/s1. The van der Waals surface area contributed by atoms with Gasteiger partial charge in [0.2, 0.25) is 0 Å². The maximum atomic E-state index is 11.9. The van der Waals surface area contributed by atoms with Gasteiger partial charge < -0.3 is 15.7 Å². The monoisotopic (exact) mass is 366 g/mol. The first-order valence-electron chi connectivity index (χ1n) is 8.47. The molecule has 26 heavy (non-hydrogen) atoms. The Kier molecular flexibility index (Phi) is 5.71. The number of carbonyl (C=O) groups excluding carboxylic acids is 1. The van der Waals surface area contributed by atoms with E-state index in [0.29, 0.717) is 6.54 Å². The molecular weight excluding hydrogens is 344 g/mol. The van der Waals surface area contributed by atoms with Crippen molar-refractivity contribution in [1.82, 2.24) is 10.6 Å². The molecule has 2 amide bonds. The Hall–Kier alpha value is -2.63. The number of aliphatic hydroxyl groups is 1. The van der Waals surface area contributed by atoms with E-state index in [1.54, 1.807) is 18.3 Å². The highest BCUT2D eigenvalue weighted by atomic mass is 32.1. The molecule has 134 valence electrons. The van der Waals surface area contributed by atoms with E-state index in [4.69, 9.17) is 0 Å². The molecule has 0 aliphatic rings. The van der Waals surface area contributed by atoms with E-state index in [0.717, 1.165) is 21.6 Å². The average molecular weight is 366 g/mol. The molecule has 3 N–H and O–H groups in total. The summed E-state index contributed by atoms with van der Waals surface area (Å²) in [4.78, 5) is 13.0. The molecule has 4 nitrogen and oxygen atoms in total. The minimum atomic E-state index is -1.14. The predicted octanol–water partition coefficient (Wildman–Crippen LogP) is 4.12. The van der Waals surface area contributed by atoms with Crippen LogP contribution in [0, 0.1) is 0 Å². The van der Waals surface area contributed by atoms with Crippen LogP contribution in [0.25, 0.3) is 11.1 Å². The van der Waals surface area contributed by atoms with E-state index in [-0.39, 0.29) is 12.6 Å². The number of hydrogen-bond donors (Lipinski definition) is 3. The molecule has 1 heterocycles. The highest BCUT2D eigenvalue weighted by molar-refractivity contribution is 7.09. The summed E-state index contributed by atoms with van der Waals surface area (Å²) in [5.41, 5.74) is 1.84. The summed E-state index contributed by atoms with van der Waals surface area (Å²) in [5, 5.41) is 18.2. The van der Waals surface area contributed by atoms with E-state index in [1.165, 1.54) is 0 Å². The van der Waals surface area contributed by atoms with Crippen LogP contribution in [0.4, 0.5) is 4.79 Å². The summed E-state index contributed by atoms with van der Waals surface area (Å²) in [6, 6.07) is 21.5. The Balaban J connectivity index is 1.56. The topological polar surface area (TPSA) is 61.4 Å². The molecule has 2 aromatic carbocycles. The minimum absolute atomic E-state index is 0.133. The number of hydrogen-bond acceptors (Lipinski definition) is 3. The van der Waals surface area contributed by atoms with Crippen LogP contribution in [0.5, 0.6) is 0 Å². The van der Waals surface area contributed by atoms with Crippen molar-refractivity contribution in [3.05, 3.63) is 82.6 Å². The van der Waals surface area contributed by atoms with Crippen LogP contribution in [0.2, 0.25) is 0 Å². The lowest BCUT2D eigenvalue weighted by Gasteiger charge is -2.24. The van der Waals surface area contributed by atoms with Crippen LogP contribution in [0.15, 0.2) is 72.1 Å². The second-order valence-corrected chi connectivity index (χ2v) is 7.37. The van der Waals surface area contributed by atoms with Crippen molar-refractivity contribution in [3.8, 4) is 11.1 Å². The molecule has 0 aliphatic carbocycles. The molecule has 3 rings (SSSR count). The first-order chi connectivity index (χ1) is 12.5. The van der Waals surface area contributed by atoms with Crippen molar-refractivity contribution >= 4 is 17.4 Å². The summed E-state index contributed by atoms with van der Waals surface area (Å²) >= 11 is 1.59. The van der Waals surface area contributed by atoms with Gasteiger partial charge in [-0.25, -0.2) is 4.79 Å². The molecule has 0 aliphatic heterocycles. The van der Waals surface area contributed by atoms with Crippen molar-refractivity contribution < 1.29 is 9.90 Å². The molecule has 0 saturated heterocycles. The lowest BCUT2D eigenvalue weighted by molar-refractivity contribution is 0.0594. The van der Waals surface area contributed by atoms with Gasteiger partial charge >= 0.3 is 6.03 Å². The number of benzene rings is 2. The molecule has 5 heteroatoms. The summed E-state index contributed by atoms with van der Waals surface area (Å²) in [7, 11) is 0. The van der Waals surface area contributed by atoms with Gasteiger partial charge in [-0.1, -0.05) is 60.7 Å². The van der Waals surface area contributed by atoms with Crippen molar-refractivity contribution in [3.63, 3.8) is 0 Å². The van der Waals surface area contributed by atoms with Gasteiger partial charge in [-0.15, -0.1) is 11.3 Å².